The van der Waals surface area contributed by atoms with Crippen LogP contribution in [0.3, 0.4) is 0 Å². The van der Waals surface area contributed by atoms with Gasteiger partial charge in [-0.2, -0.15) is 0 Å². The molecule has 5 aliphatic rings. The molecular weight excluding hydrogens is 378 g/mol. The van der Waals surface area contributed by atoms with Crippen LogP contribution in [0.15, 0.2) is 24.3 Å². The SMILES string of the molecule is COc1ccc(C(CNC(=O)NC2C3CC4CC(C3)CC2C4)N2CCOCC2)cc1. The molecule has 2 amide bonds. The molecule has 1 aliphatic heterocycles. The summed E-state index contributed by atoms with van der Waals surface area (Å²) in [4.78, 5) is 15.3. The van der Waals surface area contributed by atoms with Crippen molar-refractivity contribution in [2.45, 2.75) is 44.2 Å². The molecule has 1 unspecified atom stereocenters. The zero-order chi connectivity index (χ0) is 20.5. The number of ether oxygens (including phenoxy) is 2. The highest BCUT2D eigenvalue weighted by Crippen LogP contribution is 2.53. The van der Waals surface area contributed by atoms with E-state index in [9.17, 15) is 4.79 Å². The van der Waals surface area contributed by atoms with Crippen LogP contribution < -0.4 is 15.4 Å². The van der Waals surface area contributed by atoms with Crippen molar-refractivity contribution in [1.82, 2.24) is 15.5 Å². The number of rotatable bonds is 6. The monoisotopic (exact) mass is 413 g/mol. The molecule has 1 saturated heterocycles. The van der Waals surface area contributed by atoms with Crippen molar-refractivity contribution in [3.8, 4) is 5.75 Å². The second kappa shape index (κ2) is 8.75. The van der Waals surface area contributed by atoms with Gasteiger partial charge in [0.25, 0.3) is 0 Å². The maximum atomic E-state index is 12.9. The van der Waals surface area contributed by atoms with Crippen LogP contribution in [0.1, 0.15) is 43.7 Å². The lowest BCUT2D eigenvalue weighted by molar-refractivity contribution is -0.00967. The van der Waals surface area contributed by atoms with E-state index in [2.05, 4.69) is 27.7 Å². The highest BCUT2D eigenvalue weighted by atomic mass is 16.5. The molecule has 5 fully saturated rings. The molecule has 4 bridgehead atoms. The summed E-state index contributed by atoms with van der Waals surface area (Å²) in [5, 5.41) is 6.58. The summed E-state index contributed by atoms with van der Waals surface area (Å²) in [7, 11) is 1.68. The van der Waals surface area contributed by atoms with Gasteiger partial charge < -0.3 is 20.1 Å². The topological polar surface area (TPSA) is 62.8 Å². The minimum atomic E-state index is -0.000699. The molecule has 0 spiro atoms. The van der Waals surface area contributed by atoms with Crippen molar-refractivity contribution in [2.24, 2.45) is 23.7 Å². The van der Waals surface area contributed by atoms with Gasteiger partial charge in [-0.05, 0) is 73.5 Å². The highest BCUT2D eigenvalue weighted by Gasteiger charge is 2.48. The van der Waals surface area contributed by atoms with Crippen molar-refractivity contribution in [3.63, 3.8) is 0 Å². The average Bonchev–Trinajstić information content (AvgIpc) is 2.77. The van der Waals surface area contributed by atoms with Gasteiger partial charge in [-0.1, -0.05) is 12.1 Å². The quantitative estimate of drug-likeness (QED) is 0.752. The molecule has 6 rings (SSSR count). The fourth-order valence-electron chi connectivity index (χ4n) is 6.73. The minimum Gasteiger partial charge on any atom is -0.497 e. The molecule has 1 aromatic carbocycles. The van der Waals surface area contributed by atoms with Crippen LogP contribution in [0, 0.1) is 23.7 Å². The van der Waals surface area contributed by atoms with Gasteiger partial charge in [0.1, 0.15) is 5.75 Å². The first kappa shape index (κ1) is 20.1. The third-order valence-electron chi connectivity index (χ3n) is 7.97. The van der Waals surface area contributed by atoms with E-state index in [4.69, 9.17) is 9.47 Å². The van der Waals surface area contributed by atoms with Crippen molar-refractivity contribution in [1.29, 1.82) is 0 Å². The van der Waals surface area contributed by atoms with E-state index in [-0.39, 0.29) is 12.1 Å². The largest absolute Gasteiger partial charge is 0.497 e. The van der Waals surface area contributed by atoms with E-state index < -0.39 is 0 Å². The Bertz CT molecular complexity index is 704. The van der Waals surface area contributed by atoms with E-state index >= 15 is 0 Å². The third-order valence-corrected chi connectivity index (χ3v) is 7.97. The van der Waals surface area contributed by atoms with Gasteiger partial charge in [0.05, 0.1) is 26.4 Å². The van der Waals surface area contributed by atoms with Gasteiger partial charge in [0, 0.05) is 25.7 Å². The predicted octanol–water partition coefficient (Wildman–Crippen LogP) is 3.19. The van der Waals surface area contributed by atoms with Crippen LogP contribution in [0.5, 0.6) is 5.75 Å². The predicted molar refractivity (Wildman–Crippen MR) is 115 cm³/mol. The molecule has 0 aromatic heterocycles. The normalized spacial score (nSPS) is 33.8. The second-order valence-corrected chi connectivity index (χ2v) is 9.75. The Morgan fingerprint density at radius 3 is 2.30 bits per heavy atom. The van der Waals surface area contributed by atoms with E-state index in [1.807, 2.05) is 12.1 Å². The number of hydrogen-bond donors (Lipinski definition) is 2. The Kier molecular flexibility index (Phi) is 5.87. The lowest BCUT2D eigenvalue weighted by Gasteiger charge is -2.54. The third kappa shape index (κ3) is 4.17. The molecule has 4 saturated carbocycles. The smallest absolute Gasteiger partial charge is 0.315 e. The first-order chi connectivity index (χ1) is 14.7. The number of urea groups is 1. The highest BCUT2D eigenvalue weighted by molar-refractivity contribution is 5.74. The summed E-state index contributed by atoms with van der Waals surface area (Å²) in [5.41, 5.74) is 1.20. The van der Waals surface area contributed by atoms with Crippen LogP contribution in [-0.4, -0.2) is 56.9 Å². The number of nitrogens with zero attached hydrogens (tertiary/aromatic N) is 1. The zero-order valence-electron chi connectivity index (χ0n) is 18.0. The fourth-order valence-corrected chi connectivity index (χ4v) is 6.73. The lowest BCUT2D eigenvalue weighted by atomic mass is 9.54. The molecule has 0 radical (unpaired) electrons. The van der Waals surface area contributed by atoms with Crippen LogP contribution in [-0.2, 0) is 4.74 Å². The Morgan fingerprint density at radius 2 is 1.70 bits per heavy atom. The molecule has 6 nitrogen and oxygen atoms in total. The first-order valence-corrected chi connectivity index (χ1v) is 11.7. The number of amides is 2. The van der Waals surface area contributed by atoms with Gasteiger partial charge in [0.15, 0.2) is 0 Å². The molecule has 4 aliphatic carbocycles. The first-order valence-electron chi connectivity index (χ1n) is 11.7. The molecule has 1 atom stereocenters. The average molecular weight is 414 g/mol. The number of benzene rings is 1. The Morgan fingerprint density at radius 1 is 1.07 bits per heavy atom. The van der Waals surface area contributed by atoms with Crippen LogP contribution >= 0.6 is 0 Å². The van der Waals surface area contributed by atoms with E-state index in [1.54, 1.807) is 7.11 Å². The fraction of sp³-hybridized carbons (Fsp3) is 0.708. The van der Waals surface area contributed by atoms with Gasteiger partial charge in [0.2, 0.25) is 0 Å². The Balaban J connectivity index is 1.21. The molecule has 1 heterocycles. The molecule has 6 heteroatoms. The summed E-state index contributed by atoms with van der Waals surface area (Å²) in [6.45, 7) is 3.86. The Hall–Kier alpha value is -1.79. The lowest BCUT2D eigenvalue weighted by Crippen LogP contribution is -2.58. The van der Waals surface area contributed by atoms with Crippen LogP contribution in [0.2, 0.25) is 0 Å². The van der Waals surface area contributed by atoms with Crippen LogP contribution in [0.25, 0.3) is 0 Å². The number of hydrogen-bond acceptors (Lipinski definition) is 4. The molecular formula is C24H35N3O3. The Labute approximate surface area is 179 Å². The van der Waals surface area contributed by atoms with E-state index in [1.165, 1.54) is 37.7 Å². The number of nitrogens with one attached hydrogen (secondary N) is 2. The number of carbonyl (C=O) groups excluding carboxylic acids is 1. The summed E-state index contributed by atoms with van der Waals surface area (Å²) >= 11 is 0. The van der Waals surface area contributed by atoms with Gasteiger partial charge in [-0.3, -0.25) is 4.90 Å². The molecule has 1 aromatic rings. The van der Waals surface area contributed by atoms with Gasteiger partial charge in [-0.15, -0.1) is 0 Å². The summed E-state index contributed by atoms with van der Waals surface area (Å²) < 4.78 is 10.9. The maximum Gasteiger partial charge on any atom is 0.315 e. The zero-order valence-corrected chi connectivity index (χ0v) is 18.0. The van der Waals surface area contributed by atoms with Crippen molar-refractivity contribution >= 4 is 6.03 Å². The molecule has 164 valence electrons. The summed E-state index contributed by atoms with van der Waals surface area (Å²) in [6, 6.07) is 8.73. The van der Waals surface area contributed by atoms with Crippen molar-refractivity contribution in [3.05, 3.63) is 29.8 Å². The van der Waals surface area contributed by atoms with Crippen molar-refractivity contribution in [2.75, 3.05) is 40.0 Å². The maximum absolute atomic E-state index is 12.9. The van der Waals surface area contributed by atoms with Gasteiger partial charge in [-0.25, -0.2) is 4.79 Å². The van der Waals surface area contributed by atoms with E-state index in [0.29, 0.717) is 24.4 Å². The summed E-state index contributed by atoms with van der Waals surface area (Å²) in [5.74, 6) is 4.10. The number of carbonyl (C=O) groups is 1. The number of morpholine rings is 1. The van der Waals surface area contributed by atoms with Gasteiger partial charge >= 0.3 is 6.03 Å². The second-order valence-electron chi connectivity index (χ2n) is 9.75. The molecule has 30 heavy (non-hydrogen) atoms. The van der Waals surface area contributed by atoms with E-state index in [0.717, 1.165) is 43.9 Å². The standard InChI is InChI=1S/C24H35N3O3/c1-29-21-4-2-18(3-5-21)22(27-6-8-30-9-7-27)15-25-24(28)26-23-19-11-16-10-17(13-19)14-20(23)12-16/h2-5,16-17,19-20,22-23H,6-15H2,1H3,(H2,25,26,28). The van der Waals surface area contributed by atoms with Crippen LogP contribution in [0.4, 0.5) is 4.79 Å². The molecule has 2 N–H and O–H groups in total. The van der Waals surface area contributed by atoms with Crippen molar-refractivity contribution < 1.29 is 14.3 Å². The summed E-state index contributed by atoms with van der Waals surface area (Å²) in [6.07, 6.45) is 6.72. The minimum absolute atomic E-state index is 0.000699. The number of methoxy groups -OCH3 is 1.